The minimum absolute atomic E-state index is 0.305. The number of hydrogen-bond acceptors (Lipinski definition) is 4. The summed E-state index contributed by atoms with van der Waals surface area (Å²) in [4.78, 5) is 4.38. The van der Waals surface area contributed by atoms with E-state index in [2.05, 4.69) is 31.1 Å². The molecule has 1 aliphatic rings. The summed E-state index contributed by atoms with van der Waals surface area (Å²) in [6.07, 6.45) is 5.14. The fourth-order valence-electron chi connectivity index (χ4n) is 2.57. The molecule has 1 N–H and O–H groups in total. The van der Waals surface area contributed by atoms with Crippen LogP contribution in [0.2, 0.25) is 0 Å². The minimum atomic E-state index is 0.305. The van der Waals surface area contributed by atoms with Crippen molar-refractivity contribution in [2.75, 3.05) is 19.7 Å². The van der Waals surface area contributed by atoms with Gasteiger partial charge in [-0.2, -0.15) is 0 Å². The molecule has 4 nitrogen and oxygen atoms in total. The van der Waals surface area contributed by atoms with E-state index in [4.69, 9.17) is 9.15 Å². The second-order valence-corrected chi connectivity index (χ2v) is 5.72. The Labute approximate surface area is 115 Å². The highest BCUT2D eigenvalue weighted by Gasteiger charge is 2.30. The van der Waals surface area contributed by atoms with Crippen LogP contribution in [0.3, 0.4) is 0 Å². The zero-order valence-electron chi connectivity index (χ0n) is 12.3. The van der Waals surface area contributed by atoms with Gasteiger partial charge in [0.05, 0.1) is 12.3 Å². The van der Waals surface area contributed by atoms with Crippen LogP contribution in [-0.2, 0) is 11.2 Å². The monoisotopic (exact) mass is 266 g/mol. The maximum atomic E-state index is 5.88. The smallest absolute Gasteiger partial charge is 0.195 e. The topological polar surface area (TPSA) is 47.3 Å². The van der Waals surface area contributed by atoms with Crippen molar-refractivity contribution in [3.63, 3.8) is 0 Å². The van der Waals surface area contributed by atoms with Gasteiger partial charge >= 0.3 is 0 Å². The van der Waals surface area contributed by atoms with Crippen molar-refractivity contribution in [2.24, 2.45) is 5.92 Å². The van der Waals surface area contributed by atoms with Crippen molar-refractivity contribution < 1.29 is 9.15 Å². The summed E-state index contributed by atoms with van der Waals surface area (Å²) < 4.78 is 11.6. The predicted octanol–water partition coefficient (Wildman–Crippen LogP) is 2.75. The largest absolute Gasteiger partial charge is 0.445 e. The van der Waals surface area contributed by atoms with Crippen molar-refractivity contribution in [1.29, 1.82) is 0 Å². The van der Waals surface area contributed by atoms with Crippen molar-refractivity contribution in [2.45, 2.75) is 52.1 Å². The number of ether oxygens (including phenoxy) is 1. The van der Waals surface area contributed by atoms with E-state index in [1.807, 2.05) is 6.20 Å². The van der Waals surface area contributed by atoms with Crippen molar-refractivity contribution in [3.8, 4) is 0 Å². The SMILES string of the molecule is CCC1OCCC1c1cnc(CCNCC(C)C)o1. The van der Waals surface area contributed by atoms with Crippen LogP contribution in [0.15, 0.2) is 10.6 Å². The molecule has 1 aromatic heterocycles. The van der Waals surface area contributed by atoms with Gasteiger partial charge in [-0.1, -0.05) is 20.8 Å². The molecule has 2 unspecified atom stereocenters. The third-order valence-corrected chi connectivity index (χ3v) is 3.62. The standard InChI is InChI=1S/C15H26N2O2/c1-4-13-12(6-8-18-13)14-10-17-15(19-14)5-7-16-9-11(2)3/h10-13,16H,4-9H2,1-3H3. The summed E-state index contributed by atoms with van der Waals surface area (Å²) in [5.41, 5.74) is 0. The van der Waals surface area contributed by atoms with Gasteiger partial charge in [-0.05, 0) is 25.3 Å². The van der Waals surface area contributed by atoms with Crippen LogP contribution in [0, 0.1) is 5.92 Å². The molecule has 2 heterocycles. The molecule has 1 saturated heterocycles. The first-order chi connectivity index (χ1) is 9.20. The van der Waals surface area contributed by atoms with Crippen LogP contribution in [0.25, 0.3) is 0 Å². The molecule has 1 aliphatic heterocycles. The lowest BCUT2D eigenvalue weighted by atomic mass is 9.97. The highest BCUT2D eigenvalue weighted by atomic mass is 16.5. The molecule has 2 atom stereocenters. The van der Waals surface area contributed by atoms with Crippen LogP contribution in [-0.4, -0.2) is 30.8 Å². The molecule has 2 rings (SSSR count). The Morgan fingerprint density at radius 1 is 1.47 bits per heavy atom. The second-order valence-electron chi connectivity index (χ2n) is 5.72. The van der Waals surface area contributed by atoms with Gasteiger partial charge < -0.3 is 14.5 Å². The fourth-order valence-corrected chi connectivity index (χ4v) is 2.57. The molecule has 1 fully saturated rings. The van der Waals surface area contributed by atoms with Gasteiger partial charge in [0.15, 0.2) is 5.89 Å². The Morgan fingerprint density at radius 2 is 2.32 bits per heavy atom. The average molecular weight is 266 g/mol. The van der Waals surface area contributed by atoms with E-state index >= 15 is 0 Å². The number of rotatable bonds is 7. The number of aromatic nitrogens is 1. The number of hydrogen-bond donors (Lipinski definition) is 1. The quantitative estimate of drug-likeness (QED) is 0.771. The first-order valence-corrected chi connectivity index (χ1v) is 7.47. The first kappa shape index (κ1) is 14.5. The van der Waals surface area contributed by atoms with Gasteiger partial charge in [-0.25, -0.2) is 4.98 Å². The van der Waals surface area contributed by atoms with E-state index < -0.39 is 0 Å². The van der Waals surface area contributed by atoms with Gasteiger partial charge in [0.1, 0.15) is 5.76 Å². The van der Waals surface area contributed by atoms with E-state index in [9.17, 15) is 0 Å². The van der Waals surface area contributed by atoms with E-state index in [0.717, 1.165) is 50.6 Å². The summed E-state index contributed by atoms with van der Waals surface area (Å²) in [5, 5.41) is 3.41. The first-order valence-electron chi connectivity index (χ1n) is 7.47. The molecular weight excluding hydrogens is 240 g/mol. The maximum Gasteiger partial charge on any atom is 0.195 e. The van der Waals surface area contributed by atoms with E-state index in [-0.39, 0.29) is 0 Å². The Kier molecular flexibility index (Phi) is 5.40. The Balaban J connectivity index is 1.81. The highest BCUT2D eigenvalue weighted by Crippen LogP contribution is 2.33. The van der Waals surface area contributed by atoms with Crippen LogP contribution in [0.1, 0.15) is 51.2 Å². The number of nitrogens with zero attached hydrogens (tertiary/aromatic N) is 1. The Bertz CT molecular complexity index is 376. The van der Waals surface area contributed by atoms with Gasteiger partial charge in [0.25, 0.3) is 0 Å². The third kappa shape index (κ3) is 4.05. The lowest BCUT2D eigenvalue weighted by Gasteiger charge is -2.13. The normalized spacial score (nSPS) is 23.4. The van der Waals surface area contributed by atoms with Gasteiger partial charge in [0.2, 0.25) is 0 Å². The highest BCUT2D eigenvalue weighted by molar-refractivity contribution is 5.06. The summed E-state index contributed by atoms with van der Waals surface area (Å²) in [5.74, 6) is 2.92. The molecule has 0 bridgehead atoms. The average Bonchev–Trinajstić information content (AvgIpc) is 3.02. The molecule has 0 radical (unpaired) electrons. The molecular formula is C15H26N2O2. The molecule has 108 valence electrons. The van der Waals surface area contributed by atoms with Crippen molar-refractivity contribution in [3.05, 3.63) is 17.8 Å². The van der Waals surface area contributed by atoms with E-state index in [1.54, 1.807) is 0 Å². The molecule has 1 aromatic rings. The molecule has 0 amide bonds. The third-order valence-electron chi connectivity index (χ3n) is 3.62. The minimum Gasteiger partial charge on any atom is -0.445 e. The molecule has 0 spiro atoms. The molecule has 0 aromatic carbocycles. The molecule has 0 aliphatic carbocycles. The summed E-state index contributed by atoms with van der Waals surface area (Å²) in [7, 11) is 0. The lowest BCUT2D eigenvalue weighted by molar-refractivity contribution is 0.0971. The Morgan fingerprint density at radius 3 is 3.05 bits per heavy atom. The fraction of sp³-hybridized carbons (Fsp3) is 0.800. The summed E-state index contributed by atoms with van der Waals surface area (Å²) >= 11 is 0. The van der Waals surface area contributed by atoms with Gasteiger partial charge in [0, 0.05) is 25.5 Å². The summed E-state index contributed by atoms with van der Waals surface area (Å²) in [6, 6.07) is 0. The van der Waals surface area contributed by atoms with E-state index in [0.29, 0.717) is 17.9 Å². The zero-order valence-corrected chi connectivity index (χ0v) is 12.3. The van der Waals surface area contributed by atoms with Gasteiger partial charge in [-0.3, -0.25) is 0 Å². The molecule has 0 saturated carbocycles. The number of nitrogens with one attached hydrogen (secondary N) is 1. The van der Waals surface area contributed by atoms with Gasteiger partial charge in [-0.15, -0.1) is 0 Å². The van der Waals surface area contributed by atoms with Crippen LogP contribution in [0.5, 0.6) is 0 Å². The van der Waals surface area contributed by atoms with Crippen LogP contribution in [0.4, 0.5) is 0 Å². The van der Waals surface area contributed by atoms with E-state index in [1.165, 1.54) is 0 Å². The molecule has 4 heteroatoms. The van der Waals surface area contributed by atoms with Crippen LogP contribution < -0.4 is 5.32 Å². The lowest BCUT2D eigenvalue weighted by Crippen LogP contribution is -2.22. The van der Waals surface area contributed by atoms with Crippen LogP contribution >= 0.6 is 0 Å². The van der Waals surface area contributed by atoms with Crippen molar-refractivity contribution in [1.82, 2.24) is 10.3 Å². The predicted molar refractivity (Wildman–Crippen MR) is 75.3 cm³/mol. The maximum absolute atomic E-state index is 5.88. The van der Waals surface area contributed by atoms with Crippen molar-refractivity contribution >= 4 is 0 Å². The zero-order chi connectivity index (χ0) is 13.7. The molecule has 19 heavy (non-hydrogen) atoms. The second kappa shape index (κ2) is 7.06. The summed E-state index contributed by atoms with van der Waals surface area (Å²) in [6.45, 7) is 9.39. The number of oxazole rings is 1. The Hall–Kier alpha value is -0.870.